The van der Waals surface area contributed by atoms with Crippen LogP contribution in [0.3, 0.4) is 0 Å². The molecule has 0 unspecified atom stereocenters. The highest BCUT2D eigenvalue weighted by molar-refractivity contribution is 6.10. The Morgan fingerprint density at radius 1 is 0.773 bits per heavy atom. The van der Waals surface area contributed by atoms with Crippen molar-refractivity contribution in [2.45, 2.75) is 0 Å². The van der Waals surface area contributed by atoms with E-state index in [2.05, 4.69) is 0 Å². The van der Waals surface area contributed by atoms with Crippen molar-refractivity contribution in [2.75, 3.05) is 7.05 Å². The number of hydrogen-bond donors (Lipinski definition) is 0. The van der Waals surface area contributed by atoms with Crippen molar-refractivity contribution in [1.82, 2.24) is 4.90 Å². The number of benzene rings is 2. The van der Waals surface area contributed by atoms with Crippen LogP contribution >= 0.6 is 0 Å². The maximum Gasteiger partial charge on any atom is 0.263 e. The van der Waals surface area contributed by atoms with Crippen LogP contribution < -0.4 is 0 Å². The third kappa shape index (κ3) is 2.98. The van der Waals surface area contributed by atoms with Crippen molar-refractivity contribution < 1.29 is 27.2 Å². The van der Waals surface area contributed by atoms with Gasteiger partial charge in [0.15, 0.2) is 0 Å². The van der Waals surface area contributed by atoms with Crippen molar-refractivity contribution >= 4 is 11.8 Å². The lowest BCUT2D eigenvalue weighted by atomic mass is 10.1. The fourth-order valence-electron chi connectivity index (χ4n) is 1.78. The molecule has 0 N–H and O–H groups in total. The Morgan fingerprint density at radius 3 is 1.50 bits per heavy atom. The maximum atomic E-state index is 13.5. The minimum absolute atomic E-state index is 0.385. The topological polar surface area (TPSA) is 37.4 Å². The highest BCUT2D eigenvalue weighted by Crippen LogP contribution is 2.16. The molecule has 2 rings (SSSR count). The first-order valence-electron chi connectivity index (χ1n) is 6.03. The molecule has 0 bridgehead atoms. The molecule has 2 aromatic rings. The van der Waals surface area contributed by atoms with Crippen LogP contribution in [0.2, 0.25) is 0 Å². The summed E-state index contributed by atoms with van der Waals surface area (Å²) < 4.78 is 53.2. The van der Waals surface area contributed by atoms with E-state index in [0.29, 0.717) is 17.0 Å². The van der Waals surface area contributed by atoms with Gasteiger partial charge in [-0.05, 0) is 36.4 Å². The number of carbonyl (C=O) groups excluding carboxylic acids is 2. The van der Waals surface area contributed by atoms with E-state index in [1.54, 1.807) is 0 Å². The second-order valence-corrected chi connectivity index (χ2v) is 4.42. The van der Waals surface area contributed by atoms with Gasteiger partial charge in [0.05, 0.1) is 11.1 Å². The Balaban J connectivity index is 2.36. The van der Waals surface area contributed by atoms with Crippen molar-refractivity contribution in [1.29, 1.82) is 0 Å². The average molecular weight is 311 g/mol. The molecule has 0 saturated carbocycles. The Bertz CT molecular complexity index is 698. The molecule has 0 aliphatic rings. The number of hydrogen-bond acceptors (Lipinski definition) is 2. The minimum Gasteiger partial charge on any atom is -0.277 e. The Kier molecular flexibility index (Phi) is 4.25. The van der Waals surface area contributed by atoms with Gasteiger partial charge >= 0.3 is 0 Å². The van der Waals surface area contributed by atoms with Gasteiger partial charge in [-0.2, -0.15) is 0 Å². The summed E-state index contributed by atoms with van der Waals surface area (Å²) in [7, 11) is 0.958. The summed E-state index contributed by atoms with van der Waals surface area (Å²) in [6, 6.07) is 4.29. The largest absolute Gasteiger partial charge is 0.277 e. The average Bonchev–Trinajstić information content (AvgIpc) is 2.50. The van der Waals surface area contributed by atoms with Crippen LogP contribution in [0.25, 0.3) is 0 Å². The lowest BCUT2D eigenvalue weighted by Gasteiger charge is -2.16. The molecule has 114 valence electrons. The highest BCUT2D eigenvalue weighted by Gasteiger charge is 2.25. The highest BCUT2D eigenvalue weighted by atomic mass is 19.1. The zero-order valence-corrected chi connectivity index (χ0v) is 11.2. The van der Waals surface area contributed by atoms with Crippen molar-refractivity contribution in [3.8, 4) is 0 Å². The summed E-state index contributed by atoms with van der Waals surface area (Å²) in [4.78, 5) is 24.4. The molecule has 0 heterocycles. The Labute approximate surface area is 122 Å². The second kappa shape index (κ2) is 5.97. The number of carbonyl (C=O) groups is 2. The quantitative estimate of drug-likeness (QED) is 0.631. The van der Waals surface area contributed by atoms with Crippen molar-refractivity contribution in [3.05, 3.63) is 70.8 Å². The van der Waals surface area contributed by atoms with Crippen LogP contribution in [0.15, 0.2) is 36.4 Å². The number of halogens is 4. The van der Waals surface area contributed by atoms with Gasteiger partial charge in [-0.1, -0.05) is 0 Å². The predicted molar refractivity (Wildman–Crippen MR) is 69.1 cm³/mol. The predicted octanol–water partition coefficient (Wildman–Crippen LogP) is 3.16. The molecule has 0 aliphatic carbocycles. The number of nitrogens with zero attached hydrogens (tertiary/aromatic N) is 1. The third-order valence-electron chi connectivity index (χ3n) is 2.93. The smallest absolute Gasteiger partial charge is 0.263 e. The van der Waals surface area contributed by atoms with E-state index in [0.717, 1.165) is 31.3 Å². The van der Waals surface area contributed by atoms with E-state index in [-0.39, 0.29) is 0 Å². The second-order valence-electron chi connectivity index (χ2n) is 4.42. The van der Waals surface area contributed by atoms with Crippen LogP contribution in [0, 0.1) is 23.3 Å². The molecule has 0 spiro atoms. The first-order chi connectivity index (χ1) is 10.3. The van der Waals surface area contributed by atoms with E-state index in [1.165, 1.54) is 0 Å². The normalized spacial score (nSPS) is 10.4. The van der Waals surface area contributed by atoms with Gasteiger partial charge in [0, 0.05) is 7.05 Å². The van der Waals surface area contributed by atoms with Gasteiger partial charge < -0.3 is 0 Å². The van der Waals surface area contributed by atoms with E-state index >= 15 is 0 Å². The van der Waals surface area contributed by atoms with Gasteiger partial charge in [0.1, 0.15) is 23.3 Å². The molecular formula is C15H9F4NO2. The Morgan fingerprint density at radius 2 is 1.14 bits per heavy atom. The van der Waals surface area contributed by atoms with Crippen LogP contribution in [0.5, 0.6) is 0 Å². The fourth-order valence-corrected chi connectivity index (χ4v) is 1.78. The summed E-state index contributed by atoms with van der Waals surface area (Å²) in [5.41, 5.74) is -1.37. The molecule has 2 amide bonds. The molecule has 3 nitrogen and oxygen atoms in total. The minimum atomic E-state index is -1.18. The van der Waals surface area contributed by atoms with Gasteiger partial charge in [-0.25, -0.2) is 17.6 Å². The first kappa shape index (κ1) is 15.7. The van der Waals surface area contributed by atoms with Crippen LogP contribution in [-0.2, 0) is 0 Å². The SMILES string of the molecule is CN(C(=O)c1cc(F)ccc1F)C(=O)c1cc(F)ccc1F. The molecule has 0 radical (unpaired) electrons. The van der Waals surface area contributed by atoms with E-state index < -0.39 is 46.2 Å². The van der Waals surface area contributed by atoms with Gasteiger partial charge in [-0.15, -0.1) is 0 Å². The van der Waals surface area contributed by atoms with Gasteiger partial charge in [0.25, 0.3) is 11.8 Å². The number of rotatable bonds is 2. The standard InChI is InChI=1S/C15H9F4NO2/c1-20(14(21)10-6-8(16)2-4-12(10)18)15(22)11-7-9(17)3-5-13(11)19/h2-7H,1H3. The zero-order chi connectivity index (χ0) is 16.4. The molecule has 0 aliphatic heterocycles. The van der Waals surface area contributed by atoms with E-state index in [4.69, 9.17) is 0 Å². The van der Waals surface area contributed by atoms with Crippen LogP contribution in [-0.4, -0.2) is 23.8 Å². The number of amides is 2. The van der Waals surface area contributed by atoms with Crippen LogP contribution in [0.4, 0.5) is 17.6 Å². The summed E-state index contributed by atoms with van der Waals surface area (Å²) in [5, 5.41) is 0. The zero-order valence-electron chi connectivity index (χ0n) is 11.2. The van der Waals surface area contributed by atoms with Crippen molar-refractivity contribution in [3.63, 3.8) is 0 Å². The first-order valence-corrected chi connectivity index (χ1v) is 6.03. The van der Waals surface area contributed by atoms with E-state index in [1.807, 2.05) is 0 Å². The summed E-state index contributed by atoms with van der Waals surface area (Å²) in [6.07, 6.45) is 0. The maximum absolute atomic E-state index is 13.5. The lowest BCUT2D eigenvalue weighted by molar-refractivity contribution is 0.0650. The van der Waals surface area contributed by atoms with Gasteiger partial charge in [-0.3, -0.25) is 14.5 Å². The molecule has 7 heteroatoms. The summed E-state index contributed by atoms with van der Waals surface area (Å²) in [6.45, 7) is 0. The number of imide groups is 1. The molecular weight excluding hydrogens is 302 g/mol. The summed E-state index contributed by atoms with van der Waals surface area (Å²) >= 11 is 0. The molecule has 2 aromatic carbocycles. The third-order valence-corrected chi connectivity index (χ3v) is 2.93. The Hall–Kier alpha value is -2.70. The molecule has 22 heavy (non-hydrogen) atoms. The van der Waals surface area contributed by atoms with Gasteiger partial charge in [0.2, 0.25) is 0 Å². The fraction of sp³-hybridized carbons (Fsp3) is 0.0667. The monoisotopic (exact) mass is 311 g/mol. The molecule has 0 saturated heterocycles. The van der Waals surface area contributed by atoms with E-state index in [9.17, 15) is 27.2 Å². The molecule has 0 atom stereocenters. The molecule has 0 fully saturated rings. The lowest BCUT2D eigenvalue weighted by Crippen LogP contribution is -2.34. The van der Waals surface area contributed by atoms with Crippen LogP contribution in [0.1, 0.15) is 20.7 Å². The van der Waals surface area contributed by atoms with Crippen molar-refractivity contribution in [2.24, 2.45) is 0 Å². The summed E-state index contributed by atoms with van der Waals surface area (Å²) in [5.74, 6) is -6.17. The molecule has 0 aromatic heterocycles.